The van der Waals surface area contributed by atoms with Gasteiger partial charge in [-0.2, -0.15) is 5.26 Å². The predicted octanol–water partition coefficient (Wildman–Crippen LogP) is 2.77. The van der Waals surface area contributed by atoms with Gasteiger partial charge in [0.15, 0.2) is 0 Å². The molecule has 0 spiro atoms. The first-order valence-corrected chi connectivity index (χ1v) is 7.18. The minimum atomic E-state index is 0.481. The predicted molar refractivity (Wildman–Crippen MR) is 79.2 cm³/mol. The molecule has 0 aliphatic carbocycles. The van der Waals surface area contributed by atoms with Crippen molar-refractivity contribution in [3.05, 3.63) is 29.8 Å². The molecule has 1 aliphatic rings. The van der Waals surface area contributed by atoms with Crippen molar-refractivity contribution >= 4 is 5.69 Å². The van der Waals surface area contributed by atoms with E-state index >= 15 is 0 Å². The number of anilines is 1. The molecule has 0 radical (unpaired) electrons. The third kappa shape index (κ3) is 3.71. The number of hydrogen-bond donors (Lipinski definition) is 1. The number of rotatable bonds is 4. The molecule has 1 aromatic carbocycles. The van der Waals surface area contributed by atoms with Crippen LogP contribution >= 0.6 is 0 Å². The standard InChI is InChI=1S/C16H23N3/c1-13(2)19(12-15-4-3-9-18-11-15)16-7-5-14(10-17)6-8-16/h5-8,13,15,18H,3-4,9,11-12H2,1-2H3. The van der Waals surface area contributed by atoms with Gasteiger partial charge in [-0.15, -0.1) is 0 Å². The molecule has 1 aliphatic heterocycles. The quantitative estimate of drug-likeness (QED) is 0.901. The highest BCUT2D eigenvalue weighted by Gasteiger charge is 2.19. The van der Waals surface area contributed by atoms with Crippen molar-refractivity contribution in [2.24, 2.45) is 5.92 Å². The van der Waals surface area contributed by atoms with E-state index in [1.165, 1.54) is 18.5 Å². The topological polar surface area (TPSA) is 39.1 Å². The number of nitriles is 1. The van der Waals surface area contributed by atoms with Gasteiger partial charge in [0.1, 0.15) is 0 Å². The maximum absolute atomic E-state index is 8.87. The van der Waals surface area contributed by atoms with Gasteiger partial charge in [0.05, 0.1) is 11.6 Å². The Labute approximate surface area is 116 Å². The number of nitrogens with zero attached hydrogens (tertiary/aromatic N) is 2. The Morgan fingerprint density at radius 2 is 2.11 bits per heavy atom. The van der Waals surface area contributed by atoms with Crippen LogP contribution in [0.5, 0.6) is 0 Å². The summed E-state index contributed by atoms with van der Waals surface area (Å²) in [7, 11) is 0. The van der Waals surface area contributed by atoms with E-state index < -0.39 is 0 Å². The lowest BCUT2D eigenvalue weighted by Gasteiger charge is -2.34. The summed E-state index contributed by atoms with van der Waals surface area (Å²) < 4.78 is 0. The van der Waals surface area contributed by atoms with E-state index in [1.54, 1.807) is 0 Å². The molecule has 1 atom stereocenters. The number of piperidine rings is 1. The summed E-state index contributed by atoms with van der Waals surface area (Å²) in [5.41, 5.74) is 1.95. The van der Waals surface area contributed by atoms with Gasteiger partial charge in [-0.1, -0.05) is 0 Å². The zero-order chi connectivity index (χ0) is 13.7. The van der Waals surface area contributed by atoms with Crippen LogP contribution < -0.4 is 10.2 Å². The van der Waals surface area contributed by atoms with Crippen molar-refractivity contribution in [1.82, 2.24) is 5.32 Å². The van der Waals surface area contributed by atoms with Crippen LogP contribution in [0.1, 0.15) is 32.3 Å². The maximum Gasteiger partial charge on any atom is 0.0991 e. The molecule has 0 amide bonds. The van der Waals surface area contributed by atoms with Crippen LogP contribution in [0.15, 0.2) is 24.3 Å². The molecule has 1 unspecified atom stereocenters. The summed E-state index contributed by atoms with van der Waals surface area (Å²) >= 11 is 0. The van der Waals surface area contributed by atoms with Gasteiger partial charge in [-0.25, -0.2) is 0 Å². The van der Waals surface area contributed by atoms with E-state index in [-0.39, 0.29) is 0 Å². The lowest BCUT2D eigenvalue weighted by atomic mass is 9.98. The molecule has 0 saturated carbocycles. The summed E-state index contributed by atoms with van der Waals surface area (Å²) in [6, 6.07) is 10.6. The van der Waals surface area contributed by atoms with Crippen molar-refractivity contribution in [2.75, 3.05) is 24.5 Å². The third-order valence-electron chi connectivity index (χ3n) is 3.81. The van der Waals surface area contributed by atoms with Crippen LogP contribution in [0.4, 0.5) is 5.69 Å². The van der Waals surface area contributed by atoms with Gasteiger partial charge in [-0.05, 0) is 70.0 Å². The van der Waals surface area contributed by atoms with E-state index in [2.05, 4.69) is 42.3 Å². The van der Waals surface area contributed by atoms with Crippen LogP contribution in [0.25, 0.3) is 0 Å². The molecule has 0 aromatic heterocycles. The Kier molecular flexibility index (Phi) is 4.81. The second-order valence-electron chi connectivity index (χ2n) is 5.62. The molecule has 0 bridgehead atoms. The average Bonchev–Trinajstić information content (AvgIpc) is 2.46. The van der Waals surface area contributed by atoms with Crippen molar-refractivity contribution < 1.29 is 0 Å². The lowest BCUT2D eigenvalue weighted by Crippen LogP contribution is -2.41. The van der Waals surface area contributed by atoms with Gasteiger partial charge in [0.2, 0.25) is 0 Å². The summed E-state index contributed by atoms with van der Waals surface area (Å²) in [6.45, 7) is 7.84. The Morgan fingerprint density at radius 1 is 1.37 bits per heavy atom. The maximum atomic E-state index is 8.87. The van der Waals surface area contributed by atoms with Gasteiger partial charge < -0.3 is 10.2 Å². The van der Waals surface area contributed by atoms with E-state index in [4.69, 9.17) is 5.26 Å². The van der Waals surface area contributed by atoms with Gasteiger partial charge in [-0.3, -0.25) is 0 Å². The minimum Gasteiger partial charge on any atom is -0.369 e. The Bertz CT molecular complexity index is 424. The largest absolute Gasteiger partial charge is 0.369 e. The molecular weight excluding hydrogens is 234 g/mol. The summed E-state index contributed by atoms with van der Waals surface area (Å²) in [5, 5.41) is 12.3. The molecular formula is C16H23N3. The highest BCUT2D eigenvalue weighted by atomic mass is 15.2. The fraction of sp³-hybridized carbons (Fsp3) is 0.562. The van der Waals surface area contributed by atoms with Crippen LogP contribution in [-0.4, -0.2) is 25.7 Å². The SMILES string of the molecule is CC(C)N(CC1CCCNC1)c1ccc(C#N)cc1. The smallest absolute Gasteiger partial charge is 0.0991 e. The first kappa shape index (κ1) is 13.9. The van der Waals surface area contributed by atoms with Crippen molar-refractivity contribution in [3.63, 3.8) is 0 Å². The summed E-state index contributed by atoms with van der Waals surface area (Å²) in [5.74, 6) is 0.729. The zero-order valence-electron chi connectivity index (χ0n) is 11.9. The van der Waals surface area contributed by atoms with E-state index in [0.29, 0.717) is 6.04 Å². The third-order valence-corrected chi connectivity index (χ3v) is 3.81. The zero-order valence-corrected chi connectivity index (χ0v) is 11.9. The minimum absolute atomic E-state index is 0.481. The molecule has 1 aromatic rings. The average molecular weight is 257 g/mol. The van der Waals surface area contributed by atoms with E-state index in [0.717, 1.165) is 31.1 Å². The first-order valence-electron chi connectivity index (χ1n) is 7.18. The van der Waals surface area contributed by atoms with Gasteiger partial charge in [0.25, 0.3) is 0 Å². The van der Waals surface area contributed by atoms with E-state index in [1.807, 2.05) is 12.1 Å². The summed E-state index contributed by atoms with van der Waals surface area (Å²) in [4.78, 5) is 2.44. The molecule has 1 N–H and O–H groups in total. The fourth-order valence-corrected chi connectivity index (χ4v) is 2.70. The highest BCUT2D eigenvalue weighted by Crippen LogP contribution is 2.21. The van der Waals surface area contributed by atoms with Gasteiger partial charge >= 0.3 is 0 Å². The van der Waals surface area contributed by atoms with Crippen molar-refractivity contribution in [3.8, 4) is 6.07 Å². The number of hydrogen-bond acceptors (Lipinski definition) is 3. The normalized spacial score (nSPS) is 19.2. The monoisotopic (exact) mass is 257 g/mol. The lowest BCUT2D eigenvalue weighted by molar-refractivity contribution is 0.371. The van der Waals surface area contributed by atoms with Crippen molar-refractivity contribution in [2.45, 2.75) is 32.7 Å². The molecule has 1 saturated heterocycles. The number of benzene rings is 1. The Morgan fingerprint density at radius 3 is 2.63 bits per heavy atom. The molecule has 19 heavy (non-hydrogen) atoms. The fourth-order valence-electron chi connectivity index (χ4n) is 2.70. The molecule has 102 valence electrons. The Hall–Kier alpha value is -1.53. The van der Waals surface area contributed by atoms with Crippen LogP contribution in [-0.2, 0) is 0 Å². The molecule has 1 heterocycles. The van der Waals surface area contributed by atoms with Crippen LogP contribution in [0, 0.1) is 17.2 Å². The molecule has 2 rings (SSSR count). The second kappa shape index (κ2) is 6.58. The first-order chi connectivity index (χ1) is 9.20. The van der Waals surface area contributed by atoms with Crippen LogP contribution in [0.3, 0.4) is 0 Å². The number of nitrogens with one attached hydrogen (secondary N) is 1. The molecule has 3 heteroatoms. The highest BCUT2D eigenvalue weighted by molar-refractivity contribution is 5.50. The second-order valence-corrected chi connectivity index (χ2v) is 5.62. The Balaban J connectivity index is 2.07. The van der Waals surface area contributed by atoms with Crippen molar-refractivity contribution in [1.29, 1.82) is 5.26 Å². The van der Waals surface area contributed by atoms with Crippen LogP contribution in [0.2, 0.25) is 0 Å². The van der Waals surface area contributed by atoms with Gasteiger partial charge in [0, 0.05) is 18.3 Å². The molecule has 1 fully saturated rings. The molecule has 3 nitrogen and oxygen atoms in total. The van der Waals surface area contributed by atoms with E-state index in [9.17, 15) is 0 Å². The summed E-state index contributed by atoms with van der Waals surface area (Å²) in [6.07, 6.45) is 2.59.